The quantitative estimate of drug-likeness (QED) is 0.913. The minimum atomic E-state index is 0.604. The molecule has 1 aromatic heterocycles. The molecule has 5 nitrogen and oxygen atoms in total. The molecule has 6 heteroatoms. The van der Waals surface area contributed by atoms with E-state index in [1.54, 1.807) is 4.68 Å². The summed E-state index contributed by atoms with van der Waals surface area (Å²) < 4.78 is 7.87. The maximum Gasteiger partial charge on any atom is 0.222 e. The molecule has 0 unspecified atom stereocenters. The van der Waals surface area contributed by atoms with E-state index in [1.807, 2.05) is 38.2 Å². The number of hydrogen-bond donors (Lipinski definition) is 1. The predicted molar refractivity (Wildman–Crippen MR) is 91.9 cm³/mol. The smallest absolute Gasteiger partial charge is 0.222 e. The molecule has 0 radical (unpaired) electrons. The maximum absolute atomic E-state index is 6.07. The summed E-state index contributed by atoms with van der Waals surface area (Å²) in [4.78, 5) is 2.43. The molecular weight excluding hydrogens is 312 g/mol. The molecule has 1 saturated heterocycles. The van der Waals surface area contributed by atoms with Crippen molar-refractivity contribution in [2.75, 3.05) is 19.6 Å². The third-order valence-electron chi connectivity index (χ3n) is 4.40. The Balaban J connectivity index is 1.79. The van der Waals surface area contributed by atoms with Crippen LogP contribution in [0, 0.1) is 12.8 Å². The SMILES string of the molecule is Cc1nn(C)c(Oc2ccc(Cl)cc2)c1CN1CC[C@@H](CN)C1. The highest BCUT2D eigenvalue weighted by atomic mass is 35.5. The number of ether oxygens (including phenoxy) is 1. The fourth-order valence-corrected chi connectivity index (χ4v) is 3.20. The minimum Gasteiger partial charge on any atom is -0.439 e. The van der Waals surface area contributed by atoms with Crippen molar-refractivity contribution in [1.29, 1.82) is 0 Å². The van der Waals surface area contributed by atoms with Gasteiger partial charge in [0.1, 0.15) is 5.75 Å². The van der Waals surface area contributed by atoms with Crippen LogP contribution in [0.15, 0.2) is 24.3 Å². The molecule has 1 aliphatic rings. The van der Waals surface area contributed by atoms with Crippen molar-refractivity contribution < 1.29 is 4.74 Å². The highest BCUT2D eigenvalue weighted by Gasteiger charge is 2.24. The van der Waals surface area contributed by atoms with Crippen molar-refractivity contribution in [3.63, 3.8) is 0 Å². The van der Waals surface area contributed by atoms with Crippen LogP contribution in [-0.4, -0.2) is 34.3 Å². The number of aryl methyl sites for hydroxylation is 2. The van der Waals surface area contributed by atoms with Gasteiger partial charge in [0.05, 0.1) is 11.3 Å². The van der Waals surface area contributed by atoms with Crippen LogP contribution in [0.1, 0.15) is 17.7 Å². The van der Waals surface area contributed by atoms with Gasteiger partial charge in [-0.05, 0) is 56.6 Å². The number of nitrogens with zero attached hydrogens (tertiary/aromatic N) is 3. The molecule has 1 fully saturated rings. The minimum absolute atomic E-state index is 0.604. The Morgan fingerprint density at radius 3 is 2.74 bits per heavy atom. The Hall–Kier alpha value is -1.56. The van der Waals surface area contributed by atoms with Gasteiger partial charge in [0.25, 0.3) is 0 Å². The number of halogens is 1. The van der Waals surface area contributed by atoms with E-state index in [2.05, 4.69) is 10.00 Å². The molecule has 1 aromatic carbocycles. The summed E-state index contributed by atoms with van der Waals surface area (Å²) in [5, 5.41) is 5.22. The Morgan fingerprint density at radius 2 is 2.09 bits per heavy atom. The summed E-state index contributed by atoms with van der Waals surface area (Å²) >= 11 is 5.93. The topological polar surface area (TPSA) is 56.3 Å². The summed E-state index contributed by atoms with van der Waals surface area (Å²) in [7, 11) is 1.91. The zero-order valence-corrected chi connectivity index (χ0v) is 14.4. The van der Waals surface area contributed by atoms with Crippen LogP contribution in [0.2, 0.25) is 5.02 Å². The van der Waals surface area contributed by atoms with E-state index in [9.17, 15) is 0 Å². The van der Waals surface area contributed by atoms with Crippen LogP contribution in [-0.2, 0) is 13.6 Å². The van der Waals surface area contributed by atoms with Crippen molar-refractivity contribution in [1.82, 2.24) is 14.7 Å². The van der Waals surface area contributed by atoms with Gasteiger partial charge < -0.3 is 10.5 Å². The first-order chi connectivity index (χ1) is 11.1. The van der Waals surface area contributed by atoms with E-state index in [1.165, 1.54) is 6.42 Å². The van der Waals surface area contributed by atoms with Gasteiger partial charge in [-0.1, -0.05) is 11.6 Å². The lowest BCUT2D eigenvalue weighted by Crippen LogP contribution is -2.23. The molecule has 0 aliphatic carbocycles. The van der Waals surface area contributed by atoms with Crippen molar-refractivity contribution in [2.45, 2.75) is 19.9 Å². The zero-order chi connectivity index (χ0) is 16.4. The van der Waals surface area contributed by atoms with Crippen molar-refractivity contribution in [3.05, 3.63) is 40.5 Å². The van der Waals surface area contributed by atoms with Gasteiger partial charge in [0.15, 0.2) is 0 Å². The Morgan fingerprint density at radius 1 is 1.35 bits per heavy atom. The molecule has 0 bridgehead atoms. The van der Waals surface area contributed by atoms with Gasteiger partial charge in [-0.2, -0.15) is 5.10 Å². The number of likely N-dealkylation sites (tertiary alicyclic amines) is 1. The first-order valence-corrected chi connectivity index (χ1v) is 8.33. The maximum atomic E-state index is 6.07. The lowest BCUT2D eigenvalue weighted by atomic mass is 10.1. The fourth-order valence-electron chi connectivity index (χ4n) is 3.08. The van der Waals surface area contributed by atoms with Crippen LogP contribution in [0.25, 0.3) is 0 Å². The third-order valence-corrected chi connectivity index (χ3v) is 4.65. The van der Waals surface area contributed by atoms with Crippen LogP contribution in [0.4, 0.5) is 0 Å². The first kappa shape index (κ1) is 16.3. The monoisotopic (exact) mass is 334 g/mol. The van der Waals surface area contributed by atoms with Gasteiger partial charge in [0, 0.05) is 25.2 Å². The highest BCUT2D eigenvalue weighted by Crippen LogP contribution is 2.30. The molecule has 2 aromatic rings. The van der Waals surface area contributed by atoms with E-state index < -0.39 is 0 Å². The molecule has 0 saturated carbocycles. The summed E-state index contributed by atoms with van der Waals surface area (Å²) in [5.41, 5.74) is 7.94. The van der Waals surface area contributed by atoms with E-state index in [0.29, 0.717) is 10.9 Å². The van der Waals surface area contributed by atoms with Gasteiger partial charge >= 0.3 is 0 Å². The Bertz CT molecular complexity index is 668. The average molecular weight is 335 g/mol. The van der Waals surface area contributed by atoms with Gasteiger partial charge in [-0.15, -0.1) is 0 Å². The van der Waals surface area contributed by atoms with Crippen LogP contribution < -0.4 is 10.5 Å². The van der Waals surface area contributed by atoms with Gasteiger partial charge in [-0.25, -0.2) is 4.68 Å². The second kappa shape index (κ2) is 6.91. The number of hydrogen-bond acceptors (Lipinski definition) is 4. The number of nitrogens with two attached hydrogens (primary N) is 1. The lowest BCUT2D eigenvalue weighted by molar-refractivity contribution is 0.310. The molecule has 1 aliphatic heterocycles. The van der Waals surface area contributed by atoms with Crippen molar-refractivity contribution >= 4 is 11.6 Å². The van der Waals surface area contributed by atoms with E-state index in [0.717, 1.165) is 49.1 Å². The molecule has 3 rings (SSSR count). The standard InChI is InChI=1S/C17H23ClN4O/c1-12-16(11-22-8-7-13(9-19)10-22)17(21(2)20-12)23-15-5-3-14(18)4-6-15/h3-6,13H,7-11,19H2,1-2H3/t13-/m0/s1. The number of benzene rings is 1. The fraction of sp³-hybridized carbons (Fsp3) is 0.471. The van der Waals surface area contributed by atoms with Crippen LogP contribution in [0.3, 0.4) is 0 Å². The molecular formula is C17H23ClN4O. The van der Waals surface area contributed by atoms with Crippen molar-refractivity contribution in [3.8, 4) is 11.6 Å². The second-order valence-electron chi connectivity index (χ2n) is 6.17. The number of rotatable bonds is 5. The normalized spacial score (nSPS) is 18.5. The zero-order valence-electron chi connectivity index (χ0n) is 13.6. The third kappa shape index (κ3) is 3.68. The highest BCUT2D eigenvalue weighted by molar-refractivity contribution is 6.30. The van der Waals surface area contributed by atoms with Gasteiger partial charge in [-0.3, -0.25) is 4.90 Å². The first-order valence-electron chi connectivity index (χ1n) is 7.95. The van der Waals surface area contributed by atoms with E-state index in [4.69, 9.17) is 22.1 Å². The lowest BCUT2D eigenvalue weighted by Gasteiger charge is -2.17. The predicted octanol–water partition coefficient (Wildman–Crippen LogP) is 2.95. The van der Waals surface area contributed by atoms with Crippen LogP contribution >= 0.6 is 11.6 Å². The molecule has 2 heterocycles. The largest absolute Gasteiger partial charge is 0.439 e. The molecule has 1 atom stereocenters. The number of aromatic nitrogens is 2. The van der Waals surface area contributed by atoms with Crippen molar-refractivity contribution in [2.24, 2.45) is 18.7 Å². The summed E-state index contributed by atoms with van der Waals surface area (Å²) in [6.45, 7) is 5.76. The molecule has 2 N–H and O–H groups in total. The van der Waals surface area contributed by atoms with Gasteiger partial charge in [0.2, 0.25) is 5.88 Å². The Kier molecular flexibility index (Phi) is 4.90. The summed E-state index contributed by atoms with van der Waals surface area (Å²) in [6.07, 6.45) is 1.17. The van der Waals surface area contributed by atoms with E-state index in [-0.39, 0.29) is 0 Å². The van der Waals surface area contributed by atoms with Crippen LogP contribution in [0.5, 0.6) is 11.6 Å². The summed E-state index contributed by atoms with van der Waals surface area (Å²) in [6, 6.07) is 7.39. The molecule has 124 valence electrons. The second-order valence-corrected chi connectivity index (χ2v) is 6.61. The molecule has 0 amide bonds. The summed E-state index contributed by atoms with van der Waals surface area (Å²) in [5.74, 6) is 2.16. The Labute approximate surface area is 142 Å². The average Bonchev–Trinajstić information content (AvgIpc) is 3.09. The van der Waals surface area contributed by atoms with E-state index >= 15 is 0 Å². The molecule has 0 spiro atoms. The molecule has 23 heavy (non-hydrogen) atoms.